The van der Waals surface area contributed by atoms with Crippen LogP contribution in [0.3, 0.4) is 0 Å². The molecule has 0 aromatic rings. The van der Waals surface area contributed by atoms with E-state index in [-0.39, 0.29) is 18.2 Å². The number of hydrogen-bond acceptors (Lipinski definition) is 2. The molecule has 4 nitrogen and oxygen atoms in total. The number of hydrogen-bond donors (Lipinski definition) is 1. The van der Waals surface area contributed by atoms with Gasteiger partial charge in [-0.1, -0.05) is 6.42 Å². The molecule has 0 aliphatic carbocycles. The van der Waals surface area contributed by atoms with Gasteiger partial charge in [0.05, 0.1) is 6.42 Å². The van der Waals surface area contributed by atoms with Gasteiger partial charge in [0.15, 0.2) is 0 Å². The number of nitrogens with zero attached hydrogens (tertiary/aromatic N) is 1. The Bertz CT molecular complexity index is 215. The second-order valence-electron chi connectivity index (χ2n) is 3.55. The molecule has 0 aromatic carbocycles. The highest BCUT2D eigenvalue weighted by molar-refractivity contribution is 5.83. The Morgan fingerprint density at radius 2 is 2.31 bits per heavy atom. The molecule has 1 N–H and O–H groups in total. The summed E-state index contributed by atoms with van der Waals surface area (Å²) < 4.78 is 0. The first-order chi connectivity index (χ1) is 6.11. The van der Waals surface area contributed by atoms with Crippen molar-refractivity contribution < 1.29 is 14.7 Å². The Labute approximate surface area is 77.5 Å². The predicted molar refractivity (Wildman–Crippen MR) is 47.2 cm³/mol. The molecular weight excluding hydrogens is 170 g/mol. The van der Waals surface area contributed by atoms with Gasteiger partial charge in [-0.15, -0.1) is 0 Å². The van der Waals surface area contributed by atoms with Gasteiger partial charge in [0.1, 0.15) is 0 Å². The lowest BCUT2D eigenvalue weighted by Gasteiger charge is -2.18. The summed E-state index contributed by atoms with van der Waals surface area (Å²) in [5.41, 5.74) is 0. The highest BCUT2D eigenvalue weighted by Crippen LogP contribution is 2.19. The maximum atomic E-state index is 11.5. The van der Waals surface area contributed by atoms with Gasteiger partial charge in [0.25, 0.3) is 0 Å². The van der Waals surface area contributed by atoms with Crippen molar-refractivity contribution in [3.63, 3.8) is 0 Å². The van der Waals surface area contributed by atoms with Gasteiger partial charge >= 0.3 is 5.97 Å². The van der Waals surface area contributed by atoms with Crippen LogP contribution >= 0.6 is 0 Å². The topological polar surface area (TPSA) is 57.6 Å². The summed E-state index contributed by atoms with van der Waals surface area (Å²) >= 11 is 0. The molecule has 74 valence electrons. The Morgan fingerprint density at radius 3 is 2.92 bits per heavy atom. The summed E-state index contributed by atoms with van der Waals surface area (Å²) in [6.45, 7) is 0.759. The fourth-order valence-corrected chi connectivity index (χ4v) is 1.69. The fourth-order valence-electron chi connectivity index (χ4n) is 1.69. The van der Waals surface area contributed by atoms with E-state index in [9.17, 15) is 9.59 Å². The number of carboxylic acids is 1. The predicted octanol–water partition coefficient (Wildman–Crippen LogP) is 0.720. The van der Waals surface area contributed by atoms with Crippen LogP contribution in [0.2, 0.25) is 0 Å². The van der Waals surface area contributed by atoms with E-state index in [1.807, 2.05) is 0 Å². The number of amides is 1. The summed E-state index contributed by atoms with van der Waals surface area (Å²) in [7, 11) is 1.74. The molecule has 1 atom stereocenters. The highest BCUT2D eigenvalue weighted by atomic mass is 16.4. The van der Waals surface area contributed by atoms with Crippen LogP contribution in [0.25, 0.3) is 0 Å². The summed E-state index contributed by atoms with van der Waals surface area (Å²) in [6.07, 6.45) is 2.63. The first-order valence-corrected chi connectivity index (χ1v) is 4.58. The molecule has 13 heavy (non-hydrogen) atoms. The normalized spacial score (nSPS) is 24.2. The minimum atomic E-state index is -0.881. The third-order valence-electron chi connectivity index (χ3n) is 2.44. The Hall–Kier alpha value is -1.06. The highest BCUT2D eigenvalue weighted by Gasteiger charge is 2.26. The molecule has 0 aromatic heterocycles. The minimum absolute atomic E-state index is 0.0140. The second kappa shape index (κ2) is 4.25. The molecular formula is C9H15NO3. The first-order valence-electron chi connectivity index (χ1n) is 4.58. The van der Waals surface area contributed by atoms with E-state index in [1.165, 1.54) is 0 Å². The van der Waals surface area contributed by atoms with Gasteiger partial charge in [-0.2, -0.15) is 0 Å². The van der Waals surface area contributed by atoms with E-state index in [0.29, 0.717) is 0 Å². The number of aliphatic carboxylic acids is 1. The molecule has 0 bridgehead atoms. The molecule has 0 spiro atoms. The van der Waals surface area contributed by atoms with Crippen molar-refractivity contribution in [2.45, 2.75) is 25.7 Å². The smallest absolute Gasteiger partial charge is 0.304 e. The molecule has 0 radical (unpaired) electrons. The molecule has 1 fully saturated rings. The van der Waals surface area contributed by atoms with E-state index in [0.717, 1.165) is 25.8 Å². The molecule has 1 saturated heterocycles. The van der Waals surface area contributed by atoms with Crippen molar-refractivity contribution in [3.05, 3.63) is 0 Å². The largest absolute Gasteiger partial charge is 0.481 e. The number of carbonyl (C=O) groups is 2. The molecule has 4 heteroatoms. The lowest BCUT2D eigenvalue weighted by Crippen LogP contribution is -2.32. The van der Waals surface area contributed by atoms with Crippen molar-refractivity contribution in [2.24, 2.45) is 5.92 Å². The van der Waals surface area contributed by atoms with Crippen LogP contribution in [0.15, 0.2) is 0 Å². The second-order valence-corrected chi connectivity index (χ2v) is 3.55. The van der Waals surface area contributed by atoms with Crippen molar-refractivity contribution in [1.82, 2.24) is 4.90 Å². The van der Waals surface area contributed by atoms with E-state index in [2.05, 4.69) is 0 Å². The summed E-state index contributed by atoms with van der Waals surface area (Å²) in [6, 6.07) is 0. The van der Waals surface area contributed by atoms with E-state index in [4.69, 9.17) is 5.11 Å². The zero-order chi connectivity index (χ0) is 9.84. The quantitative estimate of drug-likeness (QED) is 0.689. The van der Waals surface area contributed by atoms with Crippen LogP contribution in [0.4, 0.5) is 0 Å². The monoisotopic (exact) mass is 185 g/mol. The third kappa shape index (κ3) is 2.72. The number of carbonyl (C=O) groups excluding carboxylic acids is 1. The standard InChI is InChI=1S/C9H15NO3/c1-10-5-3-2-4-7(9(10)13)6-8(11)12/h7H,2-6H2,1H3,(H,11,12)/t7-/m1/s1. The van der Waals surface area contributed by atoms with Gasteiger partial charge in [-0.3, -0.25) is 9.59 Å². The van der Waals surface area contributed by atoms with Crippen LogP contribution in [-0.2, 0) is 9.59 Å². The van der Waals surface area contributed by atoms with Crippen LogP contribution in [-0.4, -0.2) is 35.5 Å². The Kier molecular flexibility index (Phi) is 3.28. The van der Waals surface area contributed by atoms with Crippen molar-refractivity contribution in [1.29, 1.82) is 0 Å². The van der Waals surface area contributed by atoms with Gasteiger partial charge in [-0.25, -0.2) is 0 Å². The molecule has 0 saturated carbocycles. The van der Waals surface area contributed by atoms with Crippen LogP contribution in [0, 0.1) is 5.92 Å². The van der Waals surface area contributed by atoms with Crippen molar-refractivity contribution >= 4 is 11.9 Å². The van der Waals surface area contributed by atoms with E-state index in [1.54, 1.807) is 11.9 Å². The van der Waals surface area contributed by atoms with Gasteiger partial charge < -0.3 is 10.0 Å². The summed E-state index contributed by atoms with van der Waals surface area (Å²) in [4.78, 5) is 23.6. The number of rotatable bonds is 2. The number of carboxylic acid groups (broad SMARTS) is 1. The summed E-state index contributed by atoms with van der Waals surface area (Å²) in [5.74, 6) is -1.20. The molecule has 1 heterocycles. The van der Waals surface area contributed by atoms with Gasteiger partial charge in [0.2, 0.25) is 5.91 Å². The van der Waals surface area contributed by atoms with Crippen LogP contribution in [0.5, 0.6) is 0 Å². The Balaban J connectivity index is 2.59. The van der Waals surface area contributed by atoms with Crippen molar-refractivity contribution in [2.75, 3.05) is 13.6 Å². The van der Waals surface area contributed by atoms with Gasteiger partial charge in [0, 0.05) is 19.5 Å². The zero-order valence-electron chi connectivity index (χ0n) is 7.82. The van der Waals surface area contributed by atoms with Crippen molar-refractivity contribution in [3.8, 4) is 0 Å². The van der Waals surface area contributed by atoms with Crippen LogP contribution < -0.4 is 0 Å². The lowest BCUT2D eigenvalue weighted by molar-refractivity contribution is -0.143. The average molecular weight is 185 g/mol. The summed E-state index contributed by atoms with van der Waals surface area (Å²) in [5, 5.41) is 8.59. The maximum Gasteiger partial charge on any atom is 0.304 e. The molecule has 1 amide bonds. The van der Waals surface area contributed by atoms with E-state index < -0.39 is 5.97 Å². The Morgan fingerprint density at radius 1 is 1.62 bits per heavy atom. The lowest BCUT2D eigenvalue weighted by atomic mass is 9.99. The molecule has 1 rings (SSSR count). The molecule has 1 aliphatic rings. The zero-order valence-corrected chi connectivity index (χ0v) is 7.82. The SMILES string of the molecule is CN1CCCC[C@H](CC(=O)O)C1=O. The third-order valence-corrected chi connectivity index (χ3v) is 2.44. The molecule has 0 unspecified atom stereocenters. The van der Waals surface area contributed by atoms with E-state index >= 15 is 0 Å². The number of likely N-dealkylation sites (tertiary alicyclic amines) is 1. The van der Waals surface area contributed by atoms with Crippen LogP contribution in [0.1, 0.15) is 25.7 Å². The minimum Gasteiger partial charge on any atom is -0.481 e. The fraction of sp³-hybridized carbons (Fsp3) is 0.778. The maximum absolute atomic E-state index is 11.5. The molecule has 1 aliphatic heterocycles. The first kappa shape index (κ1) is 10.0. The van der Waals surface area contributed by atoms with Gasteiger partial charge in [-0.05, 0) is 12.8 Å². The average Bonchev–Trinajstić information content (AvgIpc) is 2.19.